The molecule has 0 radical (unpaired) electrons. The summed E-state index contributed by atoms with van der Waals surface area (Å²) in [4.78, 5) is 18.5. The average molecular weight is 631 g/mol. The lowest BCUT2D eigenvalue weighted by molar-refractivity contribution is -0.145. The molecule has 1 aromatic carbocycles. The molecule has 2 atom stereocenters. The highest BCUT2D eigenvalue weighted by molar-refractivity contribution is 7.89. The maximum absolute atomic E-state index is 14.0. The van der Waals surface area contributed by atoms with E-state index in [1.54, 1.807) is 43.5 Å². The number of hydrogen-bond acceptors (Lipinski definition) is 8. The highest BCUT2D eigenvalue weighted by Crippen LogP contribution is 2.37. The van der Waals surface area contributed by atoms with Gasteiger partial charge in [0.2, 0.25) is 15.8 Å². The Kier molecular flexibility index (Phi) is 7.58. The molecule has 0 bridgehead atoms. The van der Waals surface area contributed by atoms with Crippen LogP contribution in [-0.2, 0) is 32.3 Å². The summed E-state index contributed by atoms with van der Waals surface area (Å²) in [6.07, 6.45) is -2.31. The Morgan fingerprint density at radius 1 is 1.18 bits per heavy atom. The number of morpholine rings is 1. The molecular weight excluding hydrogens is 601 g/mol. The largest absolute Gasteiger partial charge is 0.481 e. The van der Waals surface area contributed by atoms with E-state index in [1.165, 1.54) is 16.6 Å². The van der Waals surface area contributed by atoms with Gasteiger partial charge in [0.15, 0.2) is 5.65 Å². The van der Waals surface area contributed by atoms with E-state index in [0.717, 1.165) is 9.96 Å². The Bertz CT molecular complexity index is 1860. The Labute approximate surface area is 251 Å². The molecule has 1 N–H and O–H groups in total. The van der Waals surface area contributed by atoms with Gasteiger partial charge in [0, 0.05) is 37.9 Å². The second kappa shape index (κ2) is 11.1. The molecule has 5 heterocycles. The molecule has 0 spiro atoms. The van der Waals surface area contributed by atoms with E-state index in [1.807, 2.05) is 11.8 Å². The van der Waals surface area contributed by atoms with Gasteiger partial charge in [-0.1, -0.05) is 18.2 Å². The second-order valence-corrected chi connectivity index (χ2v) is 12.9. The van der Waals surface area contributed by atoms with E-state index < -0.39 is 33.9 Å². The number of alkyl halides is 3. The van der Waals surface area contributed by atoms with Crippen LogP contribution in [0.3, 0.4) is 0 Å². The first-order chi connectivity index (χ1) is 20.9. The van der Waals surface area contributed by atoms with Crippen molar-refractivity contribution >= 4 is 27.5 Å². The SMILES string of the molecule is Cc1ccc(C(CC(=O)O)c2ccn3c(C(F)(F)F)nnc3c2C)cc1CN1C[C@H]2COCCN2c2ncccc2S1(=O)=O. The Hall–Kier alpha value is -4.08. The van der Waals surface area contributed by atoms with Gasteiger partial charge in [0.1, 0.15) is 10.7 Å². The number of nitrogens with zero attached hydrogens (tertiary/aromatic N) is 6. The van der Waals surface area contributed by atoms with E-state index in [0.29, 0.717) is 47.8 Å². The number of halogens is 3. The van der Waals surface area contributed by atoms with Gasteiger partial charge in [-0.25, -0.2) is 13.4 Å². The first-order valence-electron chi connectivity index (χ1n) is 13.9. The van der Waals surface area contributed by atoms with Crippen molar-refractivity contribution in [1.29, 1.82) is 0 Å². The monoisotopic (exact) mass is 630 g/mol. The summed E-state index contributed by atoms with van der Waals surface area (Å²) in [6.45, 7) is 4.88. The third kappa shape index (κ3) is 5.28. The van der Waals surface area contributed by atoms with Crippen LogP contribution in [0.1, 0.15) is 46.0 Å². The predicted octanol–water partition coefficient (Wildman–Crippen LogP) is 3.78. The van der Waals surface area contributed by atoms with E-state index >= 15 is 0 Å². The summed E-state index contributed by atoms with van der Waals surface area (Å²) in [5.74, 6) is -2.64. The lowest BCUT2D eigenvalue weighted by atomic mass is 9.85. The minimum atomic E-state index is -4.72. The van der Waals surface area contributed by atoms with Crippen LogP contribution in [0.25, 0.3) is 5.65 Å². The van der Waals surface area contributed by atoms with Crippen molar-refractivity contribution in [2.75, 3.05) is 31.2 Å². The van der Waals surface area contributed by atoms with Crippen molar-refractivity contribution in [3.63, 3.8) is 0 Å². The molecule has 232 valence electrons. The molecule has 4 aromatic rings. The second-order valence-electron chi connectivity index (χ2n) is 11.0. The van der Waals surface area contributed by atoms with Crippen LogP contribution in [0.15, 0.2) is 53.7 Å². The van der Waals surface area contributed by atoms with Crippen LogP contribution in [0, 0.1) is 13.8 Å². The van der Waals surface area contributed by atoms with Gasteiger partial charge in [-0.3, -0.25) is 9.20 Å². The number of ether oxygens (including phenoxy) is 1. The van der Waals surface area contributed by atoms with Crippen molar-refractivity contribution in [3.05, 3.63) is 82.4 Å². The van der Waals surface area contributed by atoms with Gasteiger partial charge in [0.25, 0.3) is 0 Å². The third-order valence-corrected chi connectivity index (χ3v) is 10.1. The number of aliphatic carboxylic acids is 1. The molecule has 0 aliphatic carbocycles. The number of carbonyl (C=O) groups is 1. The molecule has 1 unspecified atom stereocenters. The van der Waals surface area contributed by atoms with E-state index in [4.69, 9.17) is 4.74 Å². The zero-order valence-electron chi connectivity index (χ0n) is 23.8. The first-order valence-corrected chi connectivity index (χ1v) is 15.3. The number of aryl methyl sites for hydroxylation is 2. The molecule has 44 heavy (non-hydrogen) atoms. The quantitative estimate of drug-likeness (QED) is 0.338. The molecule has 11 nitrogen and oxygen atoms in total. The topological polar surface area (TPSA) is 130 Å². The maximum atomic E-state index is 14.0. The molecule has 1 saturated heterocycles. The average Bonchev–Trinajstić information content (AvgIpc) is 3.40. The van der Waals surface area contributed by atoms with Crippen LogP contribution < -0.4 is 4.90 Å². The van der Waals surface area contributed by atoms with Gasteiger partial charge >= 0.3 is 12.1 Å². The molecule has 3 aromatic heterocycles. The number of benzene rings is 1. The Morgan fingerprint density at radius 3 is 2.73 bits per heavy atom. The fourth-order valence-corrected chi connectivity index (χ4v) is 7.63. The van der Waals surface area contributed by atoms with Crippen molar-refractivity contribution < 1.29 is 36.2 Å². The smallest absolute Gasteiger partial charge is 0.452 e. The number of carboxylic acids is 1. The van der Waals surface area contributed by atoms with Crippen molar-refractivity contribution in [2.45, 2.75) is 49.8 Å². The molecule has 2 aliphatic heterocycles. The molecule has 1 fully saturated rings. The number of anilines is 1. The summed E-state index contributed by atoms with van der Waals surface area (Å²) < 4.78 is 76.2. The highest BCUT2D eigenvalue weighted by atomic mass is 32.2. The molecule has 0 amide bonds. The number of rotatable bonds is 6. The van der Waals surface area contributed by atoms with Gasteiger partial charge in [-0.15, -0.1) is 10.2 Å². The van der Waals surface area contributed by atoms with Crippen LogP contribution >= 0.6 is 0 Å². The summed E-state index contributed by atoms with van der Waals surface area (Å²) in [5.41, 5.74) is 2.85. The van der Waals surface area contributed by atoms with Crippen molar-refractivity contribution in [2.24, 2.45) is 0 Å². The standard InChI is InChI=1S/C29H29F3N6O5S/c1-17-5-6-19(23(13-25(39)40)22-7-9-38-26(18(22)2)34-35-28(38)29(30,31)32)12-20(17)14-36-15-21-16-43-11-10-37(21)27-24(44(36,41)42)4-3-8-33-27/h3-9,12,21,23H,10-11,13-16H2,1-2H3,(H,39,40)/t21-,23?/m0/s1. The fraction of sp³-hybridized carbons (Fsp3) is 0.379. The fourth-order valence-electron chi connectivity index (χ4n) is 6.02. The van der Waals surface area contributed by atoms with Gasteiger partial charge < -0.3 is 14.7 Å². The maximum Gasteiger partial charge on any atom is 0.452 e. The zero-order chi connectivity index (χ0) is 31.4. The van der Waals surface area contributed by atoms with Gasteiger partial charge in [-0.05, 0) is 59.9 Å². The summed E-state index contributed by atoms with van der Waals surface area (Å²) >= 11 is 0. The number of fused-ring (bicyclic) bond motifs is 4. The van der Waals surface area contributed by atoms with E-state index in [-0.39, 0.29) is 36.1 Å². The highest BCUT2D eigenvalue weighted by Gasteiger charge is 2.40. The lowest BCUT2D eigenvalue weighted by Gasteiger charge is -2.36. The number of hydrogen-bond donors (Lipinski definition) is 1. The number of aromatic nitrogens is 4. The first kappa shape index (κ1) is 30.0. The molecule has 0 saturated carbocycles. The molecule has 6 rings (SSSR count). The van der Waals surface area contributed by atoms with Crippen LogP contribution in [0.4, 0.5) is 19.0 Å². The minimum Gasteiger partial charge on any atom is -0.481 e. The van der Waals surface area contributed by atoms with Crippen LogP contribution in [0.2, 0.25) is 0 Å². The summed E-state index contributed by atoms with van der Waals surface area (Å²) in [7, 11) is -3.97. The summed E-state index contributed by atoms with van der Waals surface area (Å²) in [6, 6.07) is 9.66. The van der Waals surface area contributed by atoms with Crippen molar-refractivity contribution in [3.8, 4) is 0 Å². The van der Waals surface area contributed by atoms with Crippen molar-refractivity contribution in [1.82, 2.24) is 23.9 Å². The lowest BCUT2D eigenvalue weighted by Crippen LogP contribution is -2.50. The Balaban J connectivity index is 1.40. The molecular formula is C29H29F3N6O5S. The number of pyridine rings is 2. The Morgan fingerprint density at radius 2 is 1.98 bits per heavy atom. The predicted molar refractivity (Wildman–Crippen MR) is 152 cm³/mol. The zero-order valence-corrected chi connectivity index (χ0v) is 24.6. The number of carboxylic acid groups (broad SMARTS) is 1. The van der Waals surface area contributed by atoms with Crippen LogP contribution in [0.5, 0.6) is 0 Å². The normalized spacial score (nSPS) is 19.3. The van der Waals surface area contributed by atoms with E-state index in [9.17, 15) is 31.5 Å². The summed E-state index contributed by atoms with van der Waals surface area (Å²) in [5, 5.41) is 16.9. The van der Waals surface area contributed by atoms with Gasteiger partial charge in [-0.2, -0.15) is 17.5 Å². The third-order valence-electron chi connectivity index (χ3n) is 8.28. The van der Waals surface area contributed by atoms with E-state index in [2.05, 4.69) is 15.2 Å². The molecule has 2 aliphatic rings. The molecule has 15 heteroatoms. The van der Waals surface area contributed by atoms with Gasteiger partial charge in [0.05, 0.1) is 25.7 Å². The van der Waals surface area contributed by atoms with Crippen LogP contribution in [-0.4, -0.2) is 75.7 Å². The number of sulfonamides is 1. The minimum absolute atomic E-state index is 0.0115.